The molecule has 0 saturated carbocycles. The summed E-state index contributed by atoms with van der Waals surface area (Å²) in [5.41, 5.74) is 0. The molecule has 0 aromatic carbocycles. The highest BCUT2D eigenvalue weighted by molar-refractivity contribution is 8.06. The highest BCUT2D eigenvalue weighted by Crippen LogP contribution is 2.23. The molecule has 2 aliphatic heterocycles. The Balaban J connectivity index is 1.60. The van der Waals surface area contributed by atoms with Crippen LogP contribution in [0.25, 0.3) is 0 Å². The molecule has 0 bridgehead atoms. The molecule has 0 spiro atoms. The van der Waals surface area contributed by atoms with Crippen LogP contribution in [0.2, 0.25) is 0 Å². The van der Waals surface area contributed by atoms with Crippen LogP contribution < -0.4 is 5.32 Å². The number of likely N-dealkylation sites (tertiary alicyclic amines) is 1. The van der Waals surface area contributed by atoms with Crippen LogP contribution in [0.5, 0.6) is 0 Å². The first-order valence-electron chi connectivity index (χ1n) is 7.50. The number of carbonyl (C=O) groups excluding carboxylic acids is 1. The molecule has 1 N–H and O–H groups in total. The van der Waals surface area contributed by atoms with E-state index in [0.717, 1.165) is 24.9 Å². The fraction of sp³-hybridized carbons (Fsp3) is 0.929. The maximum Gasteiger partial charge on any atom is 0.236 e. The lowest BCUT2D eigenvalue weighted by Gasteiger charge is -2.33. The number of amides is 1. The van der Waals surface area contributed by atoms with Crippen LogP contribution in [0.1, 0.15) is 12.8 Å². The van der Waals surface area contributed by atoms with Crippen molar-refractivity contribution in [3.63, 3.8) is 0 Å². The largest absolute Gasteiger partial charge is 0.348 e. The van der Waals surface area contributed by atoms with Crippen LogP contribution in [0.4, 0.5) is 0 Å². The molecule has 2 saturated heterocycles. The number of nitrogens with one attached hydrogen (secondary N) is 1. The molecule has 0 aliphatic carbocycles. The van der Waals surface area contributed by atoms with Gasteiger partial charge in [0.2, 0.25) is 5.91 Å². The molecule has 116 valence electrons. The van der Waals surface area contributed by atoms with E-state index >= 15 is 0 Å². The van der Waals surface area contributed by atoms with Gasteiger partial charge in [-0.15, -0.1) is 0 Å². The van der Waals surface area contributed by atoms with E-state index in [1.54, 1.807) is 4.90 Å². The molecule has 0 aromatic rings. The smallest absolute Gasteiger partial charge is 0.236 e. The Bertz CT molecular complexity index is 301. The molecule has 1 unspecified atom stereocenters. The van der Waals surface area contributed by atoms with Crippen molar-refractivity contribution in [2.24, 2.45) is 0 Å². The lowest BCUT2D eigenvalue weighted by atomic mass is 10.0. The van der Waals surface area contributed by atoms with E-state index in [2.05, 4.69) is 33.7 Å². The van der Waals surface area contributed by atoms with E-state index in [-0.39, 0.29) is 5.91 Å². The number of likely N-dealkylation sites (N-methyl/N-ethyl adjacent to an activating group) is 1. The molecule has 2 rings (SSSR count). The molecule has 1 amide bonds. The zero-order valence-corrected chi connectivity index (χ0v) is 14.3. The van der Waals surface area contributed by atoms with Crippen LogP contribution in [-0.2, 0) is 4.79 Å². The molecule has 1 atom stereocenters. The predicted octanol–water partition coefficient (Wildman–Crippen LogP) is 0.977. The average Bonchev–Trinajstić information content (AvgIpc) is 2.47. The number of thioether (sulfide) groups is 2. The molecule has 2 heterocycles. The Morgan fingerprint density at radius 3 is 2.65 bits per heavy atom. The summed E-state index contributed by atoms with van der Waals surface area (Å²) >= 11 is 4.21. The molecule has 0 aromatic heterocycles. The minimum atomic E-state index is 0.215. The third-order valence-electron chi connectivity index (χ3n) is 3.96. The van der Waals surface area contributed by atoms with Gasteiger partial charge in [-0.05, 0) is 12.8 Å². The molecule has 0 radical (unpaired) electrons. The third kappa shape index (κ3) is 5.47. The lowest BCUT2D eigenvalue weighted by molar-refractivity contribution is -0.130. The first-order chi connectivity index (χ1) is 9.65. The third-order valence-corrected chi connectivity index (χ3v) is 6.81. The summed E-state index contributed by atoms with van der Waals surface area (Å²) in [4.78, 5) is 15.7. The normalized spacial score (nSPS) is 25.6. The quantitative estimate of drug-likeness (QED) is 0.818. The van der Waals surface area contributed by atoms with E-state index in [1.807, 2.05) is 14.1 Å². The summed E-state index contributed by atoms with van der Waals surface area (Å²) in [7, 11) is 3.66. The van der Waals surface area contributed by atoms with Crippen molar-refractivity contribution < 1.29 is 4.79 Å². The number of carbonyl (C=O) groups is 1. The molecular formula is C14H27N3OS2. The van der Waals surface area contributed by atoms with Crippen molar-refractivity contribution in [3.8, 4) is 0 Å². The second kappa shape index (κ2) is 8.51. The van der Waals surface area contributed by atoms with E-state index in [4.69, 9.17) is 0 Å². The van der Waals surface area contributed by atoms with Gasteiger partial charge < -0.3 is 10.2 Å². The van der Waals surface area contributed by atoms with Gasteiger partial charge in [-0.2, -0.15) is 23.5 Å². The van der Waals surface area contributed by atoms with Crippen LogP contribution in [0.3, 0.4) is 0 Å². The van der Waals surface area contributed by atoms with Crippen molar-refractivity contribution in [3.05, 3.63) is 0 Å². The van der Waals surface area contributed by atoms with E-state index in [1.165, 1.54) is 30.1 Å². The fourth-order valence-corrected chi connectivity index (χ4v) is 5.21. The fourth-order valence-electron chi connectivity index (χ4n) is 2.58. The highest BCUT2D eigenvalue weighted by Gasteiger charge is 2.22. The van der Waals surface area contributed by atoms with Gasteiger partial charge in [0.15, 0.2) is 0 Å². The van der Waals surface area contributed by atoms with Crippen molar-refractivity contribution >= 4 is 29.4 Å². The van der Waals surface area contributed by atoms with Gasteiger partial charge in [0.1, 0.15) is 0 Å². The average molecular weight is 318 g/mol. The Morgan fingerprint density at radius 1 is 1.30 bits per heavy atom. The van der Waals surface area contributed by atoms with Crippen LogP contribution in [-0.4, -0.2) is 84.5 Å². The van der Waals surface area contributed by atoms with Crippen LogP contribution in [0.15, 0.2) is 0 Å². The second-order valence-electron chi connectivity index (χ2n) is 5.81. The highest BCUT2D eigenvalue weighted by atomic mass is 32.2. The first-order valence-corrected chi connectivity index (χ1v) is 9.70. The maximum absolute atomic E-state index is 11.7. The van der Waals surface area contributed by atoms with E-state index in [9.17, 15) is 4.79 Å². The Hall–Kier alpha value is 0.0900. The van der Waals surface area contributed by atoms with Gasteiger partial charge in [-0.3, -0.25) is 9.69 Å². The summed E-state index contributed by atoms with van der Waals surface area (Å²) in [5, 5.41) is 4.53. The minimum Gasteiger partial charge on any atom is -0.348 e. The second-order valence-corrected chi connectivity index (χ2v) is 8.37. The Kier molecular flexibility index (Phi) is 7.01. The summed E-state index contributed by atoms with van der Waals surface area (Å²) in [6, 6.07) is 0.647. The van der Waals surface area contributed by atoms with Gasteiger partial charge in [-0.1, -0.05) is 0 Å². The van der Waals surface area contributed by atoms with Gasteiger partial charge in [0.05, 0.1) is 6.54 Å². The van der Waals surface area contributed by atoms with Gasteiger partial charge in [-0.25, -0.2) is 0 Å². The number of nitrogens with zero attached hydrogens (tertiary/aromatic N) is 2. The van der Waals surface area contributed by atoms with Crippen molar-refractivity contribution in [1.29, 1.82) is 0 Å². The topological polar surface area (TPSA) is 35.6 Å². The molecule has 20 heavy (non-hydrogen) atoms. The Morgan fingerprint density at radius 2 is 2.05 bits per heavy atom. The van der Waals surface area contributed by atoms with E-state index < -0.39 is 0 Å². The monoisotopic (exact) mass is 317 g/mol. The number of rotatable bonds is 5. The first kappa shape index (κ1) is 16.5. The summed E-state index contributed by atoms with van der Waals surface area (Å²) in [6.45, 7) is 3.82. The van der Waals surface area contributed by atoms with Crippen molar-refractivity contribution in [2.45, 2.75) is 24.1 Å². The number of hydrogen-bond donors (Lipinski definition) is 1. The summed E-state index contributed by atoms with van der Waals surface area (Å²) in [6.07, 6.45) is 2.34. The van der Waals surface area contributed by atoms with Crippen LogP contribution in [0, 0.1) is 0 Å². The zero-order valence-electron chi connectivity index (χ0n) is 12.6. The standard InChI is InChI=1S/C14H27N3OS2/c1-16(2)14(18)10-17-5-3-12(4-6-17)15-9-13-11-19-7-8-20-13/h12-13,15H,3-11H2,1-2H3. The number of hydrogen-bond acceptors (Lipinski definition) is 5. The van der Waals surface area contributed by atoms with Crippen molar-refractivity contribution in [1.82, 2.24) is 15.1 Å². The Labute approximate surface area is 131 Å². The molecule has 6 heteroatoms. The molecule has 4 nitrogen and oxygen atoms in total. The lowest BCUT2D eigenvalue weighted by Crippen LogP contribution is -2.47. The van der Waals surface area contributed by atoms with E-state index in [0.29, 0.717) is 12.6 Å². The van der Waals surface area contributed by atoms with Gasteiger partial charge in [0.25, 0.3) is 0 Å². The van der Waals surface area contributed by atoms with Crippen LogP contribution >= 0.6 is 23.5 Å². The molecule has 2 aliphatic rings. The molecule has 2 fully saturated rings. The SMILES string of the molecule is CN(C)C(=O)CN1CCC(NCC2CSCCS2)CC1. The summed E-state index contributed by atoms with van der Waals surface area (Å²) in [5.74, 6) is 4.14. The number of piperidine rings is 1. The minimum absolute atomic E-state index is 0.215. The van der Waals surface area contributed by atoms with Gasteiger partial charge >= 0.3 is 0 Å². The van der Waals surface area contributed by atoms with Gasteiger partial charge in [0, 0.05) is 62.3 Å². The molecular weight excluding hydrogens is 290 g/mol. The summed E-state index contributed by atoms with van der Waals surface area (Å²) < 4.78 is 0. The zero-order chi connectivity index (χ0) is 14.4. The maximum atomic E-state index is 11.7. The van der Waals surface area contributed by atoms with Crippen molar-refractivity contribution in [2.75, 3.05) is 57.5 Å². The predicted molar refractivity (Wildman–Crippen MR) is 89.7 cm³/mol.